The largest absolute Gasteiger partial charge is 0.497 e. The van der Waals surface area contributed by atoms with Crippen molar-refractivity contribution in [1.29, 1.82) is 0 Å². The first-order valence-electron chi connectivity index (χ1n) is 17.7. The van der Waals surface area contributed by atoms with Gasteiger partial charge in [-0.1, -0.05) is 32.3 Å². The number of aromatic nitrogens is 1. The van der Waals surface area contributed by atoms with Gasteiger partial charge in [-0.05, 0) is 85.5 Å². The summed E-state index contributed by atoms with van der Waals surface area (Å²) in [5, 5.41) is 1.08. The molecule has 48 heavy (non-hydrogen) atoms. The summed E-state index contributed by atoms with van der Waals surface area (Å²) in [7, 11) is 0.515. The molecule has 2 aromatic carbocycles. The molecular weight excluding hydrogens is 627 g/mol. The fraction of sp³-hybridized carbons (Fsp3) is 0.568. The van der Waals surface area contributed by atoms with Crippen LogP contribution >= 0.6 is 0 Å². The van der Waals surface area contributed by atoms with Gasteiger partial charge in [0.25, 0.3) is 5.91 Å². The summed E-state index contributed by atoms with van der Waals surface area (Å²) in [6, 6.07) is 12.4. The number of nitrogens with one attached hydrogen (secondary N) is 1. The standard InChI is InChI=1S/C37H47N5O5S/c1-23-33-30-20-27(47-4)13-15-28(30)34-32(24-9-6-5-7-10-24)29-14-12-25(35(43)38-48(45,46)39(2)3)19-31(29)42(34)22-37(23,33)36(44)41-18-17-40-16-8-11-26(40)21-41/h12-15,19-20,23-24,26,33H,5-11,16-18,21-22H2,1-4H3,(H,38,43)/t23-,26+,33-,37+/m0/s1. The molecule has 1 aromatic heterocycles. The fourth-order valence-corrected chi connectivity index (χ4v) is 10.3. The normalized spacial score (nSPS) is 27.2. The molecule has 2 saturated heterocycles. The smallest absolute Gasteiger partial charge is 0.303 e. The topological polar surface area (TPSA) is 104 Å². The first-order chi connectivity index (χ1) is 23.0. The average Bonchev–Trinajstić information content (AvgIpc) is 3.33. The van der Waals surface area contributed by atoms with Crippen molar-refractivity contribution in [3.63, 3.8) is 0 Å². The van der Waals surface area contributed by atoms with E-state index < -0.39 is 21.5 Å². The number of hydrogen-bond acceptors (Lipinski definition) is 6. The quantitative estimate of drug-likeness (QED) is 0.398. The Morgan fingerprint density at radius 1 is 0.979 bits per heavy atom. The Morgan fingerprint density at radius 2 is 1.77 bits per heavy atom. The summed E-state index contributed by atoms with van der Waals surface area (Å²) in [5.41, 5.74) is 5.27. The van der Waals surface area contributed by atoms with Gasteiger partial charge in [-0.2, -0.15) is 12.7 Å². The van der Waals surface area contributed by atoms with Gasteiger partial charge in [0.2, 0.25) is 5.91 Å². The molecule has 8 rings (SSSR count). The van der Waals surface area contributed by atoms with Crippen molar-refractivity contribution in [1.82, 2.24) is 23.4 Å². The van der Waals surface area contributed by atoms with Gasteiger partial charge in [-0.3, -0.25) is 14.5 Å². The number of hydrogen-bond donors (Lipinski definition) is 1. The van der Waals surface area contributed by atoms with Crippen molar-refractivity contribution in [3.05, 3.63) is 53.1 Å². The third-order valence-electron chi connectivity index (χ3n) is 12.4. The van der Waals surface area contributed by atoms with Crippen LogP contribution in [0.25, 0.3) is 22.2 Å². The summed E-state index contributed by atoms with van der Waals surface area (Å²) in [6.07, 6.45) is 8.09. The molecule has 2 amide bonds. The maximum absolute atomic E-state index is 15.0. The van der Waals surface area contributed by atoms with Gasteiger partial charge in [0.15, 0.2) is 0 Å². The maximum atomic E-state index is 15.0. The van der Waals surface area contributed by atoms with Crippen molar-refractivity contribution in [2.24, 2.45) is 11.3 Å². The fourth-order valence-electron chi connectivity index (χ4n) is 9.73. The van der Waals surface area contributed by atoms with Crippen LogP contribution in [0.5, 0.6) is 5.75 Å². The number of methoxy groups -OCH3 is 1. The highest BCUT2D eigenvalue weighted by Gasteiger charge is 2.70. The minimum atomic E-state index is -3.97. The van der Waals surface area contributed by atoms with Gasteiger partial charge in [0.05, 0.1) is 18.2 Å². The molecule has 256 valence electrons. The predicted octanol–water partition coefficient (Wildman–Crippen LogP) is 4.94. The number of benzene rings is 2. The molecule has 2 aliphatic carbocycles. The Labute approximate surface area is 283 Å². The Morgan fingerprint density at radius 3 is 2.52 bits per heavy atom. The van der Waals surface area contributed by atoms with Crippen molar-refractivity contribution in [2.45, 2.75) is 76.3 Å². The predicted molar refractivity (Wildman–Crippen MR) is 185 cm³/mol. The second kappa shape index (κ2) is 11.6. The second-order valence-electron chi connectivity index (χ2n) is 15.0. The molecule has 4 atom stereocenters. The lowest BCUT2D eigenvalue weighted by Crippen LogP contribution is -2.54. The maximum Gasteiger partial charge on any atom is 0.303 e. The third-order valence-corrected chi connectivity index (χ3v) is 13.8. The van der Waals surface area contributed by atoms with E-state index in [-0.39, 0.29) is 23.3 Å². The lowest BCUT2D eigenvalue weighted by Gasteiger charge is -2.39. The van der Waals surface area contributed by atoms with Crippen LogP contribution in [0, 0.1) is 11.3 Å². The highest BCUT2D eigenvalue weighted by Crippen LogP contribution is 2.70. The molecule has 3 aromatic rings. The van der Waals surface area contributed by atoms with Gasteiger partial charge in [0.1, 0.15) is 5.75 Å². The van der Waals surface area contributed by atoms with Crippen molar-refractivity contribution < 1.29 is 22.7 Å². The highest BCUT2D eigenvalue weighted by molar-refractivity contribution is 7.87. The number of ether oxygens (including phenoxy) is 1. The van der Waals surface area contributed by atoms with E-state index in [1.54, 1.807) is 13.2 Å². The number of nitrogens with zero attached hydrogens (tertiary/aromatic N) is 4. The lowest BCUT2D eigenvalue weighted by molar-refractivity contribution is -0.141. The molecule has 2 saturated carbocycles. The van der Waals surface area contributed by atoms with Crippen LogP contribution in [-0.2, 0) is 21.5 Å². The number of amides is 2. The number of carbonyl (C=O) groups is 2. The Kier molecular flexibility index (Phi) is 7.69. The Hall–Kier alpha value is -3.41. The molecule has 0 radical (unpaired) electrons. The number of piperazine rings is 1. The zero-order valence-corrected chi connectivity index (χ0v) is 29.3. The van der Waals surface area contributed by atoms with E-state index >= 15 is 4.79 Å². The molecule has 5 aliphatic rings. The summed E-state index contributed by atoms with van der Waals surface area (Å²) < 4.78 is 36.5. The van der Waals surface area contributed by atoms with Crippen LogP contribution in [0.3, 0.4) is 0 Å². The molecular formula is C37H47N5O5S. The van der Waals surface area contributed by atoms with Crippen LogP contribution in [0.1, 0.15) is 85.2 Å². The van der Waals surface area contributed by atoms with Gasteiger partial charge < -0.3 is 14.2 Å². The lowest BCUT2D eigenvalue weighted by atomic mass is 9.81. The van der Waals surface area contributed by atoms with Crippen LogP contribution in [0.15, 0.2) is 36.4 Å². The summed E-state index contributed by atoms with van der Waals surface area (Å²) in [5.74, 6) is 0.881. The van der Waals surface area contributed by atoms with Crippen LogP contribution in [0.2, 0.25) is 0 Å². The number of fused-ring (bicyclic) bond motifs is 8. The van der Waals surface area contributed by atoms with Gasteiger partial charge in [-0.15, -0.1) is 0 Å². The first-order valence-corrected chi connectivity index (χ1v) is 19.1. The Balaban J connectivity index is 1.32. The number of carbonyl (C=O) groups excluding carboxylic acids is 2. The Bertz CT molecular complexity index is 1910. The van der Waals surface area contributed by atoms with Crippen molar-refractivity contribution >= 4 is 32.9 Å². The van der Waals surface area contributed by atoms with Gasteiger partial charge in [0, 0.05) is 74.3 Å². The second-order valence-corrected chi connectivity index (χ2v) is 16.9. The SMILES string of the molecule is COc1ccc2c(c1)[C@@H]1[C@H](C)[C@]1(C(=O)N1CCN3CCC[C@@H]3C1)Cn1c-2c(C2CCCCC2)c2ccc(C(=O)NS(=O)(=O)N(C)C)cc21. The minimum absolute atomic E-state index is 0.0441. The van der Waals surface area contributed by atoms with E-state index in [0.29, 0.717) is 18.5 Å². The third kappa shape index (κ3) is 4.82. The van der Waals surface area contributed by atoms with E-state index in [4.69, 9.17) is 4.74 Å². The zero-order valence-electron chi connectivity index (χ0n) is 28.5. The molecule has 10 nitrogen and oxygen atoms in total. The van der Waals surface area contributed by atoms with Gasteiger partial charge in [-0.25, -0.2) is 4.72 Å². The molecule has 11 heteroatoms. The van der Waals surface area contributed by atoms with E-state index in [2.05, 4.69) is 38.1 Å². The van der Waals surface area contributed by atoms with Gasteiger partial charge >= 0.3 is 10.2 Å². The zero-order chi connectivity index (χ0) is 33.5. The number of rotatable bonds is 6. The van der Waals surface area contributed by atoms with E-state index in [0.717, 1.165) is 77.7 Å². The minimum Gasteiger partial charge on any atom is -0.497 e. The van der Waals surface area contributed by atoms with E-state index in [9.17, 15) is 13.2 Å². The monoisotopic (exact) mass is 673 g/mol. The molecule has 4 fully saturated rings. The highest BCUT2D eigenvalue weighted by atomic mass is 32.2. The molecule has 0 bridgehead atoms. The first kappa shape index (κ1) is 31.8. The van der Waals surface area contributed by atoms with Crippen LogP contribution in [-0.4, -0.2) is 92.3 Å². The summed E-state index contributed by atoms with van der Waals surface area (Å²) >= 11 is 0. The van der Waals surface area contributed by atoms with Crippen LogP contribution < -0.4 is 9.46 Å². The summed E-state index contributed by atoms with van der Waals surface area (Å²) in [4.78, 5) is 33.1. The molecule has 0 spiro atoms. The van der Waals surface area contributed by atoms with Crippen molar-refractivity contribution in [3.8, 4) is 17.0 Å². The summed E-state index contributed by atoms with van der Waals surface area (Å²) in [6.45, 7) is 6.31. The average molecular weight is 674 g/mol. The van der Waals surface area contributed by atoms with Crippen LogP contribution in [0.4, 0.5) is 0 Å². The van der Waals surface area contributed by atoms with E-state index in [1.165, 1.54) is 50.9 Å². The molecule has 1 N–H and O–H groups in total. The molecule has 0 unspecified atom stereocenters. The molecule has 3 aliphatic heterocycles. The van der Waals surface area contributed by atoms with Crippen molar-refractivity contribution in [2.75, 3.05) is 47.4 Å². The molecule has 4 heterocycles. The van der Waals surface area contributed by atoms with E-state index in [1.807, 2.05) is 18.2 Å².